The van der Waals surface area contributed by atoms with Gasteiger partial charge in [0.2, 0.25) is 0 Å². The lowest BCUT2D eigenvalue weighted by atomic mass is 9.80. The molecule has 0 amide bonds. The molecule has 0 saturated carbocycles. The van der Waals surface area contributed by atoms with Crippen LogP contribution in [-0.2, 0) is 0 Å². The topological polar surface area (TPSA) is 30.5 Å². The Morgan fingerprint density at radius 3 is 2.47 bits per heavy atom. The number of hydrogen-bond acceptors (Lipinski definition) is 3. The molecule has 0 spiro atoms. The summed E-state index contributed by atoms with van der Waals surface area (Å²) in [4.78, 5) is 0. The van der Waals surface area contributed by atoms with E-state index in [2.05, 4.69) is 31.3 Å². The summed E-state index contributed by atoms with van der Waals surface area (Å²) in [5, 5.41) is 3.66. The van der Waals surface area contributed by atoms with E-state index in [-0.39, 0.29) is 0 Å². The van der Waals surface area contributed by atoms with E-state index < -0.39 is 0 Å². The first-order valence-corrected chi connectivity index (χ1v) is 7.46. The van der Waals surface area contributed by atoms with Gasteiger partial charge in [0.25, 0.3) is 0 Å². The third kappa shape index (κ3) is 2.44. The molecule has 3 nitrogen and oxygen atoms in total. The lowest BCUT2D eigenvalue weighted by Gasteiger charge is -2.32. The molecule has 0 fully saturated rings. The van der Waals surface area contributed by atoms with Crippen molar-refractivity contribution in [1.29, 1.82) is 0 Å². The number of rotatable bonds is 3. The summed E-state index contributed by atoms with van der Waals surface area (Å²) in [6.07, 6.45) is 3.63. The van der Waals surface area contributed by atoms with Crippen molar-refractivity contribution >= 4 is 0 Å². The van der Waals surface area contributed by atoms with Crippen molar-refractivity contribution in [1.82, 2.24) is 5.32 Å². The summed E-state index contributed by atoms with van der Waals surface area (Å²) in [5.41, 5.74) is 2.85. The molecule has 1 aliphatic heterocycles. The molecule has 2 aliphatic rings. The quantitative estimate of drug-likeness (QED) is 0.904. The van der Waals surface area contributed by atoms with Crippen LogP contribution >= 0.6 is 0 Å². The Hall–Kier alpha value is -1.22. The Morgan fingerprint density at radius 2 is 1.79 bits per heavy atom. The summed E-state index contributed by atoms with van der Waals surface area (Å²) in [6, 6.07) is 4.88. The maximum atomic E-state index is 5.72. The average Bonchev–Trinajstić information content (AvgIpc) is 2.45. The van der Waals surface area contributed by atoms with Crippen LogP contribution < -0.4 is 14.8 Å². The van der Waals surface area contributed by atoms with Gasteiger partial charge < -0.3 is 14.8 Å². The number of hydrogen-bond donors (Lipinski definition) is 1. The van der Waals surface area contributed by atoms with Crippen molar-refractivity contribution < 1.29 is 9.47 Å². The normalized spacial score (nSPS) is 24.9. The second-order valence-electron chi connectivity index (χ2n) is 5.61. The van der Waals surface area contributed by atoms with Crippen LogP contribution in [0.2, 0.25) is 0 Å². The zero-order valence-corrected chi connectivity index (χ0v) is 11.9. The molecule has 1 N–H and O–H groups in total. The van der Waals surface area contributed by atoms with Crippen molar-refractivity contribution in [2.24, 2.45) is 0 Å². The molecule has 2 unspecified atom stereocenters. The van der Waals surface area contributed by atoms with E-state index in [1.165, 1.54) is 30.4 Å². The second kappa shape index (κ2) is 5.41. The van der Waals surface area contributed by atoms with E-state index in [4.69, 9.17) is 9.47 Å². The van der Waals surface area contributed by atoms with Crippen molar-refractivity contribution in [2.75, 3.05) is 19.8 Å². The van der Waals surface area contributed by atoms with E-state index in [1.54, 1.807) is 0 Å². The minimum absolute atomic E-state index is 0.474. The number of nitrogens with one attached hydrogen (secondary N) is 1. The smallest absolute Gasteiger partial charge is 0.161 e. The predicted molar refractivity (Wildman–Crippen MR) is 76.1 cm³/mol. The Bertz CT molecular complexity index is 458. The van der Waals surface area contributed by atoms with Gasteiger partial charge in [0.1, 0.15) is 13.2 Å². The first-order valence-electron chi connectivity index (χ1n) is 7.46. The second-order valence-corrected chi connectivity index (χ2v) is 5.61. The molecule has 0 aromatic heterocycles. The van der Waals surface area contributed by atoms with Gasteiger partial charge in [-0.05, 0) is 55.0 Å². The van der Waals surface area contributed by atoms with Crippen LogP contribution in [0.25, 0.3) is 0 Å². The Morgan fingerprint density at radius 1 is 1.11 bits per heavy atom. The van der Waals surface area contributed by atoms with Gasteiger partial charge in [-0.1, -0.05) is 13.8 Å². The fourth-order valence-corrected chi connectivity index (χ4v) is 3.11. The van der Waals surface area contributed by atoms with E-state index in [1.807, 2.05) is 0 Å². The highest BCUT2D eigenvalue weighted by molar-refractivity contribution is 5.51. The molecule has 1 aromatic rings. The van der Waals surface area contributed by atoms with Crippen LogP contribution in [0.4, 0.5) is 0 Å². The van der Waals surface area contributed by atoms with Crippen LogP contribution in [0.15, 0.2) is 12.1 Å². The minimum Gasteiger partial charge on any atom is -0.486 e. The van der Waals surface area contributed by atoms with Gasteiger partial charge in [-0.2, -0.15) is 0 Å². The number of benzene rings is 1. The van der Waals surface area contributed by atoms with E-state index >= 15 is 0 Å². The largest absolute Gasteiger partial charge is 0.486 e. The van der Waals surface area contributed by atoms with Crippen molar-refractivity contribution in [2.45, 2.75) is 45.1 Å². The minimum atomic E-state index is 0.474. The van der Waals surface area contributed by atoms with Gasteiger partial charge in [-0.15, -0.1) is 0 Å². The van der Waals surface area contributed by atoms with Gasteiger partial charge in [0, 0.05) is 6.04 Å². The molecule has 104 valence electrons. The molecule has 2 atom stereocenters. The molecule has 19 heavy (non-hydrogen) atoms. The fourth-order valence-electron chi connectivity index (χ4n) is 3.11. The van der Waals surface area contributed by atoms with E-state index in [0.29, 0.717) is 25.2 Å². The molecule has 3 heteroatoms. The summed E-state index contributed by atoms with van der Waals surface area (Å²) in [7, 11) is 0. The first-order chi connectivity index (χ1) is 9.29. The molecule has 0 bridgehead atoms. The Balaban J connectivity index is 1.95. The summed E-state index contributed by atoms with van der Waals surface area (Å²) < 4.78 is 11.4. The molecule has 0 saturated heterocycles. The van der Waals surface area contributed by atoms with Crippen LogP contribution in [-0.4, -0.2) is 19.8 Å². The SMILES string of the molecule is CCCNC1CCC(C)c2cc3c(cc21)OCCO3. The lowest BCUT2D eigenvalue weighted by Crippen LogP contribution is -2.27. The summed E-state index contributed by atoms with van der Waals surface area (Å²) >= 11 is 0. The molecule has 1 aromatic carbocycles. The van der Waals surface area contributed by atoms with Crippen molar-refractivity contribution in [3.05, 3.63) is 23.3 Å². The maximum absolute atomic E-state index is 5.72. The van der Waals surface area contributed by atoms with Gasteiger partial charge in [-0.25, -0.2) is 0 Å². The van der Waals surface area contributed by atoms with Crippen LogP contribution in [0.1, 0.15) is 56.2 Å². The average molecular weight is 261 g/mol. The highest BCUT2D eigenvalue weighted by Crippen LogP contribution is 2.43. The molecular formula is C16H23NO2. The van der Waals surface area contributed by atoms with Crippen LogP contribution in [0.5, 0.6) is 11.5 Å². The molecular weight excluding hydrogens is 238 g/mol. The zero-order valence-electron chi connectivity index (χ0n) is 11.9. The van der Waals surface area contributed by atoms with E-state index in [9.17, 15) is 0 Å². The Kier molecular flexibility index (Phi) is 3.65. The molecule has 1 aliphatic carbocycles. The maximum Gasteiger partial charge on any atom is 0.161 e. The predicted octanol–water partition coefficient (Wildman–Crippen LogP) is 3.40. The van der Waals surface area contributed by atoms with Gasteiger partial charge in [0.15, 0.2) is 11.5 Å². The zero-order chi connectivity index (χ0) is 13.2. The monoisotopic (exact) mass is 261 g/mol. The number of fused-ring (bicyclic) bond motifs is 2. The van der Waals surface area contributed by atoms with Crippen LogP contribution in [0.3, 0.4) is 0 Å². The first kappa shape index (κ1) is 12.8. The summed E-state index contributed by atoms with van der Waals surface area (Å²) in [5.74, 6) is 2.46. The molecule has 0 radical (unpaired) electrons. The lowest BCUT2D eigenvalue weighted by molar-refractivity contribution is 0.170. The van der Waals surface area contributed by atoms with Crippen molar-refractivity contribution in [3.8, 4) is 11.5 Å². The number of ether oxygens (including phenoxy) is 2. The third-order valence-corrected chi connectivity index (χ3v) is 4.18. The highest BCUT2D eigenvalue weighted by atomic mass is 16.6. The van der Waals surface area contributed by atoms with Crippen LogP contribution in [0, 0.1) is 0 Å². The van der Waals surface area contributed by atoms with Crippen molar-refractivity contribution in [3.63, 3.8) is 0 Å². The van der Waals surface area contributed by atoms with Gasteiger partial charge >= 0.3 is 0 Å². The standard InChI is InChI=1S/C16H23NO2/c1-3-6-17-14-5-4-11(2)12-9-15-16(10-13(12)14)19-8-7-18-15/h9-11,14,17H,3-8H2,1-2H3. The van der Waals surface area contributed by atoms with Gasteiger partial charge in [-0.3, -0.25) is 0 Å². The molecule has 1 heterocycles. The molecule has 3 rings (SSSR count). The van der Waals surface area contributed by atoms with E-state index in [0.717, 1.165) is 18.0 Å². The third-order valence-electron chi connectivity index (χ3n) is 4.18. The highest BCUT2D eigenvalue weighted by Gasteiger charge is 2.27. The Labute approximate surface area is 115 Å². The fraction of sp³-hybridized carbons (Fsp3) is 0.625. The van der Waals surface area contributed by atoms with Gasteiger partial charge in [0.05, 0.1) is 0 Å². The summed E-state index contributed by atoms with van der Waals surface area (Å²) in [6.45, 7) is 6.92.